The first-order valence-electron chi connectivity index (χ1n) is 8.99. The predicted octanol–water partition coefficient (Wildman–Crippen LogP) is 0.999. The van der Waals surface area contributed by atoms with Gasteiger partial charge in [0.1, 0.15) is 0 Å². The van der Waals surface area contributed by atoms with Crippen molar-refractivity contribution < 1.29 is 13.2 Å². The molecular formula is C18H28N6O3S2. The van der Waals surface area contributed by atoms with Gasteiger partial charge in [-0.2, -0.15) is 0 Å². The molecule has 0 bridgehead atoms. The number of methoxy groups -OCH3 is 1. The molecule has 1 aromatic heterocycles. The normalized spacial score (nSPS) is 12.1. The summed E-state index contributed by atoms with van der Waals surface area (Å²) in [6.07, 6.45) is 0. The molecule has 0 aliphatic carbocycles. The molecule has 0 aliphatic heterocycles. The van der Waals surface area contributed by atoms with Crippen molar-refractivity contribution in [2.75, 3.05) is 46.3 Å². The summed E-state index contributed by atoms with van der Waals surface area (Å²) in [6.45, 7) is 1.52. The Morgan fingerprint density at radius 2 is 2.03 bits per heavy atom. The Balaban J connectivity index is 1.92. The van der Waals surface area contributed by atoms with Gasteiger partial charge in [0.15, 0.2) is 11.1 Å². The molecule has 0 atom stereocenters. The number of rotatable bonds is 10. The summed E-state index contributed by atoms with van der Waals surface area (Å²) in [4.78, 5) is 10.9. The Morgan fingerprint density at radius 1 is 1.28 bits per heavy atom. The molecule has 0 aliphatic rings. The molecule has 0 unspecified atom stereocenters. The van der Waals surface area contributed by atoms with Crippen molar-refractivity contribution in [3.8, 4) is 0 Å². The number of nitrogens with zero attached hydrogens (tertiary/aromatic N) is 3. The molecule has 0 saturated heterocycles. The van der Waals surface area contributed by atoms with E-state index in [2.05, 4.69) is 25.3 Å². The third-order valence-corrected chi connectivity index (χ3v) is 6.37. The lowest BCUT2D eigenvalue weighted by Crippen LogP contribution is -2.36. The highest BCUT2D eigenvalue weighted by molar-refractivity contribution is 7.89. The summed E-state index contributed by atoms with van der Waals surface area (Å²) in [5, 5.41) is 9.34. The number of guanidine groups is 1. The van der Waals surface area contributed by atoms with Crippen LogP contribution in [-0.4, -0.2) is 60.8 Å². The number of aromatic nitrogens is 1. The van der Waals surface area contributed by atoms with Crippen molar-refractivity contribution in [3.05, 3.63) is 40.9 Å². The topological polar surface area (TPSA) is 108 Å². The smallest absolute Gasteiger partial charge is 0.240 e. The average Bonchev–Trinajstić information content (AvgIpc) is 3.18. The first kappa shape index (κ1) is 23.1. The number of ether oxygens (including phenoxy) is 1. The minimum absolute atomic E-state index is 0.217. The standard InChI is InChI=1S/C18H28N6O3S2/c1-19-17(21-12-15-13-28-18(23-15)24(2)3)20-11-14-6-5-7-16(10-14)29(25,26)22-8-9-27-4/h5-7,10,13,22H,8-9,11-12H2,1-4H3,(H2,19,20,21). The summed E-state index contributed by atoms with van der Waals surface area (Å²) >= 11 is 1.58. The molecule has 29 heavy (non-hydrogen) atoms. The van der Waals surface area contributed by atoms with Gasteiger partial charge in [-0.1, -0.05) is 12.1 Å². The molecule has 1 aromatic carbocycles. The van der Waals surface area contributed by atoms with Crippen molar-refractivity contribution in [1.82, 2.24) is 20.3 Å². The Morgan fingerprint density at radius 3 is 2.69 bits per heavy atom. The maximum Gasteiger partial charge on any atom is 0.240 e. The Hall–Kier alpha value is -2.21. The van der Waals surface area contributed by atoms with Crippen molar-refractivity contribution in [3.63, 3.8) is 0 Å². The van der Waals surface area contributed by atoms with Gasteiger partial charge in [0.25, 0.3) is 0 Å². The van der Waals surface area contributed by atoms with E-state index in [1.165, 1.54) is 7.11 Å². The van der Waals surface area contributed by atoms with Crippen LogP contribution in [0.1, 0.15) is 11.3 Å². The largest absolute Gasteiger partial charge is 0.383 e. The summed E-state index contributed by atoms with van der Waals surface area (Å²) in [5.41, 5.74) is 1.75. The first-order chi connectivity index (χ1) is 13.9. The Kier molecular flexibility index (Phi) is 8.83. The van der Waals surface area contributed by atoms with Crippen LogP contribution in [0, 0.1) is 0 Å². The summed E-state index contributed by atoms with van der Waals surface area (Å²) in [6, 6.07) is 6.78. The highest BCUT2D eigenvalue weighted by Gasteiger charge is 2.13. The van der Waals surface area contributed by atoms with Crippen LogP contribution < -0.4 is 20.3 Å². The minimum atomic E-state index is -3.56. The molecule has 0 amide bonds. The van der Waals surface area contributed by atoms with E-state index in [-0.39, 0.29) is 11.4 Å². The maximum atomic E-state index is 12.3. The van der Waals surface area contributed by atoms with E-state index in [4.69, 9.17) is 4.74 Å². The van der Waals surface area contributed by atoms with Crippen LogP contribution in [0.3, 0.4) is 0 Å². The van der Waals surface area contributed by atoms with E-state index in [9.17, 15) is 8.42 Å². The van der Waals surface area contributed by atoms with Crippen molar-refractivity contribution in [1.29, 1.82) is 0 Å². The van der Waals surface area contributed by atoms with Crippen LogP contribution in [0.15, 0.2) is 39.5 Å². The predicted molar refractivity (Wildman–Crippen MR) is 117 cm³/mol. The fourth-order valence-corrected chi connectivity index (χ4v) is 4.19. The summed E-state index contributed by atoms with van der Waals surface area (Å²) in [5.74, 6) is 0.607. The van der Waals surface area contributed by atoms with E-state index in [0.717, 1.165) is 16.4 Å². The van der Waals surface area contributed by atoms with Crippen LogP contribution >= 0.6 is 11.3 Å². The van der Waals surface area contributed by atoms with E-state index < -0.39 is 10.0 Å². The maximum absolute atomic E-state index is 12.3. The third-order valence-electron chi connectivity index (χ3n) is 3.85. The van der Waals surface area contributed by atoms with E-state index in [1.54, 1.807) is 36.6 Å². The van der Waals surface area contributed by atoms with Gasteiger partial charge in [0.2, 0.25) is 10.0 Å². The number of benzene rings is 1. The van der Waals surface area contributed by atoms with Gasteiger partial charge in [0.05, 0.1) is 23.7 Å². The lowest BCUT2D eigenvalue weighted by molar-refractivity contribution is 0.204. The van der Waals surface area contributed by atoms with Gasteiger partial charge in [-0.25, -0.2) is 18.1 Å². The summed E-state index contributed by atoms with van der Waals surface area (Å²) in [7, 11) is 3.56. The quantitative estimate of drug-likeness (QED) is 0.287. The van der Waals surface area contributed by atoms with E-state index in [0.29, 0.717) is 25.7 Å². The third kappa shape index (κ3) is 7.28. The molecule has 11 heteroatoms. The zero-order chi connectivity index (χ0) is 21.3. The van der Waals surface area contributed by atoms with Crippen molar-refractivity contribution in [2.24, 2.45) is 4.99 Å². The van der Waals surface area contributed by atoms with Crippen LogP contribution in [0.2, 0.25) is 0 Å². The first-order valence-corrected chi connectivity index (χ1v) is 11.4. The molecule has 0 spiro atoms. The Bertz CT molecular complexity index is 912. The molecule has 9 nitrogen and oxygen atoms in total. The molecule has 0 fully saturated rings. The second kappa shape index (κ2) is 11.1. The summed E-state index contributed by atoms with van der Waals surface area (Å²) < 4.78 is 32.0. The molecule has 2 aromatic rings. The van der Waals surface area contributed by atoms with Crippen LogP contribution in [0.5, 0.6) is 0 Å². The lowest BCUT2D eigenvalue weighted by Gasteiger charge is -2.12. The second-order valence-electron chi connectivity index (χ2n) is 6.33. The number of anilines is 1. The van der Waals surface area contributed by atoms with E-state index >= 15 is 0 Å². The highest BCUT2D eigenvalue weighted by Crippen LogP contribution is 2.17. The van der Waals surface area contributed by atoms with Crippen LogP contribution in [-0.2, 0) is 27.8 Å². The molecule has 160 valence electrons. The van der Waals surface area contributed by atoms with Crippen molar-refractivity contribution >= 4 is 32.5 Å². The SMILES string of the molecule is CN=C(NCc1cccc(S(=O)(=O)NCCOC)c1)NCc1csc(N(C)C)n1. The van der Waals surface area contributed by atoms with Crippen LogP contribution in [0.4, 0.5) is 5.13 Å². The lowest BCUT2D eigenvalue weighted by atomic mass is 10.2. The Labute approximate surface area is 176 Å². The number of sulfonamides is 1. The number of nitrogens with one attached hydrogen (secondary N) is 3. The number of hydrogen-bond acceptors (Lipinski definition) is 7. The molecular weight excluding hydrogens is 412 g/mol. The van der Waals surface area contributed by atoms with Gasteiger partial charge in [0, 0.05) is 46.7 Å². The number of hydrogen-bond donors (Lipinski definition) is 3. The minimum Gasteiger partial charge on any atom is -0.383 e. The monoisotopic (exact) mass is 440 g/mol. The van der Waals surface area contributed by atoms with Gasteiger partial charge in [-0.15, -0.1) is 11.3 Å². The second-order valence-corrected chi connectivity index (χ2v) is 8.94. The zero-order valence-corrected chi connectivity index (χ0v) is 18.7. The van der Waals surface area contributed by atoms with Crippen LogP contribution in [0.25, 0.3) is 0 Å². The highest BCUT2D eigenvalue weighted by atomic mass is 32.2. The van der Waals surface area contributed by atoms with Crippen molar-refractivity contribution in [2.45, 2.75) is 18.0 Å². The molecule has 3 N–H and O–H groups in total. The fraction of sp³-hybridized carbons (Fsp3) is 0.444. The zero-order valence-electron chi connectivity index (χ0n) is 17.1. The van der Waals surface area contributed by atoms with E-state index in [1.807, 2.05) is 30.4 Å². The fourth-order valence-electron chi connectivity index (χ4n) is 2.35. The van der Waals surface area contributed by atoms with Gasteiger partial charge >= 0.3 is 0 Å². The van der Waals surface area contributed by atoms with Gasteiger partial charge in [-0.3, -0.25) is 4.99 Å². The average molecular weight is 441 g/mol. The number of thiazole rings is 1. The number of aliphatic imine (C=N–C) groups is 1. The molecule has 0 radical (unpaired) electrons. The molecule has 1 heterocycles. The molecule has 0 saturated carbocycles. The van der Waals surface area contributed by atoms with Gasteiger partial charge < -0.3 is 20.3 Å². The molecule has 2 rings (SSSR count). The van der Waals surface area contributed by atoms with Gasteiger partial charge in [-0.05, 0) is 17.7 Å².